The van der Waals surface area contributed by atoms with E-state index in [4.69, 9.17) is 7.49 Å². The van der Waals surface area contributed by atoms with Gasteiger partial charge < -0.3 is 0 Å². The summed E-state index contributed by atoms with van der Waals surface area (Å²) in [4.78, 5) is 0. The predicted octanol–water partition coefficient (Wildman–Crippen LogP) is 0.453. The Hall–Kier alpha value is -0.585. The summed E-state index contributed by atoms with van der Waals surface area (Å²) in [6.07, 6.45) is 0. The molecule has 0 aromatic carbocycles. The van der Waals surface area contributed by atoms with Crippen molar-refractivity contribution in [3.8, 4) is 0 Å². The van der Waals surface area contributed by atoms with E-state index in [9.17, 15) is 0 Å². The number of hydrogen-bond donors (Lipinski definition) is 0. The van der Waals surface area contributed by atoms with Crippen molar-refractivity contribution < 1.29 is 0 Å². The molecule has 0 unspecified atom stereocenters. The molecule has 1 saturated carbocycles. The van der Waals surface area contributed by atoms with Gasteiger partial charge in [-0.2, -0.15) is 0 Å². The first-order valence-corrected chi connectivity index (χ1v) is 1.75. The second-order valence-corrected chi connectivity index (χ2v) is 1.37. The van der Waals surface area contributed by atoms with Gasteiger partial charge in [-0.3, -0.25) is 0 Å². The Kier molecular flexibility index (Phi) is 0.436. The first kappa shape index (κ1) is 3.60. The van der Waals surface area contributed by atoms with Gasteiger partial charge in [-0.05, 0) is 0 Å². The summed E-state index contributed by atoms with van der Waals surface area (Å²) in [5.74, 6) is 0. The molecule has 0 saturated heterocycles. The molecule has 1 rings (SSSR count). The van der Waals surface area contributed by atoms with Gasteiger partial charge in [0.05, 0.1) is 0 Å². The predicted molar refractivity (Wildman–Crippen MR) is 29.0 cm³/mol. The normalized spacial score (nSPS) is 18.8. The van der Waals surface area contributed by atoms with E-state index in [0.717, 1.165) is 16.6 Å². The third-order valence-electron chi connectivity index (χ3n) is 0.952. The minimum atomic E-state index is 0.787. The molecule has 0 heterocycles. The molecule has 27 valence electrons. The van der Waals surface area contributed by atoms with Crippen molar-refractivity contribution in [2.24, 2.45) is 0 Å². The minimum absolute atomic E-state index is 0.787. The molecule has 0 spiro atoms. The van der Waals surface area contributed by atoms with Gasteiger partial charge in [0.2, 0.25) is 0 Å². The van der Waals surface area contributed by atoms with E-state index in [-0.39, 0.29) is 0 Å². The van der Waals surface area contributed by atoms with Gasteiger partial charge in [-0.1, -0.05) is 0 Å². The monoisotopic (exact) mass is 75.0 g/mol. The van der Waals surface area contributed by atoms with Gasteiger partial charge in [-0.25, -0.2) is 0 Å². The zero-order valence-electron chi connectivity index (χ0n) is 3.49. The van der Waals surface area contributed by atoms with Crippen LogP contribution in [0.3, 0.4) is 0 Å². The molecule has 0 aliphatic heterocycles. The number of allylic oxidation sites excluding steroid dienone is 2. The van der Waals surface area contributed by atoms with E-state index in [1.807, 2.05) is 0 Å². The van der Waals surface area contributed by atoms with Gasteiger partial charge in [0.15, 0.2) is 0 Å². The summed E-state index contributed by atoms with van der Waals surface area (Å²) in [5.41, 5.74) is 2.64. The standard InChI is InChI=1S/C5H4B/c1-3-4(2)5(3)6/h1-2H2. The van der Waals surface area contributed by atoms with E-state index < -0.39 is 0 Å². The van der Waals surface area contributed by atoms with Crippen LogP contribution < -0.4 is 0 Å². The van der Waals surface area contributed by atoms with E-state index in [1.165, 1.54) is 0 Å². The Balaban J connectivity index is 3.04. The summed E-state index contributed by atoms with van der Waals surface area (Å²) in [5, 5.41) is 0. The third kappa shape index (κ3) is 0.225. The van der Waals surface area contributed by atoms with Gasteiger partial charge in [0.1, 0.15) is 0 Å². The van der Waals surface area contributed by atoms with Crippen LogP contribution in [0.1, 0.15) is 0 Å². The fourth-order valence-corrected chi connectivity index (χ4v) is 0.289. The molecule has 0 atom stereocenters. The fourth-order valence-electron chi connectivity index (χ4n) is 0.289. The van der Waals surface area contributed by atoms with Crippen LogP contribution in [-0.4, -0.2) is 13.0 Å². The molecule has 1 fully saturated rings. The van der Waals surface area contributed by atoms with Crippen LogP contribution in [0.2, 0.25) is 0 Å². The average Bonchev–Trinajstić information content (AvgIpc) is 1.94. The van der Waals surface area contributed by atoms with Gasteiger partial charge in [-0.15, -0.1) is 0 Å². The molecule has 0 N–H and O–H groups in total. The van der Waals surface area contributed by atoms with Crippen LogP contribution in [0.4, 0.5) is 0 Å². The fraction of sp³-hybridized carbons (Fsp3) is 0. The van der Waals surface area contributed by atoms with E-state index in [0.29, 0.717) is 0 Å². The van der Waals surface area contributed by atoms with Crippen molar-refractivity contribution in [1.29, 1.82) is 0 Å². The Labute approximate surface area is 38.3 Å². The van der Waals surface area contributed by atoms with E-state index in [1.54, 1.807) is 0 Å². The van der Waals surface area contributed by atoms with E-state index in [2.05, 4.69) is 13.2 Å². The average molecular weight is 74.9 g/mol. The second-order valence-electron chi connectivity index (χ2n) is 1.37. The Morgan fingerprint density at radius 3 is 1.33 bits per heavy atom. The SMILES string of the molecule is [B]=C1C(=C)C1=C. The van der Waals surface area contributed by atoms with Crippen LogP contribution in [0.15, 0.2) is 24.3 Å². The van der Waals surface area contributed by atoms with Crippen molar-refractivity contribution >= 4 is 13.0 Å². The summed E-state index contributed by atoms with van der Waals surface area (Å²) in [7, 11) is 5.23. The summed E-state index contributed by atoms with van der Waals surface area (Å²) in [6, 6.07) is 0. The summed E-state index contributed by atoms with van der Waals surface area (Å²) in [6.45, 7) is 7.13. The van der Waals surface area contributed by atoms with E-state index >= 15 is 0 Å². The molecule has 0 amide bonds. The zero-order valence-corrected chi connectivity index (χ0v) is 3.49. The van der Waals surface area contributed by atoms with Crippen LogP contribution in [0.25, 0.3) is 0 Å². The van der Waals surface area contributed by atoms with Crippen LogP contribution in [0, 0.1) is 0 Å². The first-order chi connectivity index (χ1) is 2.73. The molecule has 1 radical (unpaired) electrons. The second kappa shape index (κ2) is 0.727. The Bertz CT molecular complexity index is 101. The molecular weight excluding hydrogens is 70.9 g/mol. The summed E-state index contributed by atoms with van der Waals surface area (Å²) < 4.78 is 0. The zero-order chi connectivity index (χ0) is 4.73. The molecule has 0 aromatic rings. The van der Waals surface area contributed by atoms with Gasteiger partial charge in [0.25, 0.3) is 0 Å². The molecule has 0 nitrogen and oxygen atoms in total. The summed E-state index contributed by atoms with van der Waals surface area (Å²) >= 11 is 0. The van der Waals surface area contributed by atoms with Gasteiger partial charge in [0, 0.05) is 0 Å². The van der Waals surface area contributed by atoms with Crippen molar-refractivity contribution in [3.05, 3.63) is 24.3 Å². The Morgan fingerprint density at radius 2 is 1.33 bits per heavy atom. The molecular formula is C5H4B. The Morgan fingerprint density at radius 1 is 1.17 bits per heavy atom. The van der Waals surface area contributed by atoms with Crippen molar-refractivity contribution in [1.82, 2.24) is 0 Å². The molecule has 1 aliphatic carbocycles. The topological polar surface area (TPSA) is 0 Å². The number of hydrogen-bond acceptors (Lipinski definition) is 0. The quantitative estimate of drug-likeness (QED) is 0.367. The first-order valence-electron chi connectivity index (χ1n) is 1.75. The molecule has 0 bridgehead atoms. The molecule has 1 heteroatoms. The van der Waals surface area contributed by atoms with Crippen molar-refractivity contribution in [2.75, 3.05) is 0 Å². The molecule has 0 aromatic heterocycles. The molecule has 6 heavy (non-hydrogen) atoms. The maximum atomic E-state index is 5.23. The van der Waals surface area contributed by atoms with Crippen molar-refractivity contribution in [2.45, 2.75) is 0 Å². The molecule has 1 aliphatic rings. The maximum absolute atomic E-state index is 5.23. The van der Waals surface area contributed by atoms with Crippen LogP contribution >= 0.6 is 0 Å². The van der Waals surface area contributed by atoms with Crippen LogP contribution in [-0.2, 0) is 0 Å². The van der Waals surface area contributed by atoms with Gasteiger partial charge >= 0.3 is 37.3 Å². The third-order valence-corrected chi connectivity index (χ3v) is 0.952. The van der Waals surface area contributed by atoms with Crippen LogP contribution in [0.5, 0.6) is 0 Å². The number of rotatable bonds is 0. The van der Waals surface area contributed by atoms with Crippen molar-refractivity contribution in [3.63, 3.8) is 0 Å².